The number of phenols is 1. The third kappa shape index (κ3) is 19.7. The van der Waals surface area contributed by atoms with Gasteiger partial charge in [-0.15, -0.1) is 0 Å². The second-order valence-corrected chi connectivity index (χ2v) is 22.2. The van der Waals surface area contributed by atoms with Gasteiger partial charge in [0.1, 0.15) is 48.0 Å². The van der Waals surface area contributed by atoms with Crippen molar-refractivity contribution >= 4 is 92.5 Å². The van der Waals surface area contributed by atoms with E-state index in [1.807, 2.05) is 0 Å². The highest BCUT2D eigenvalue weighted by atomic mass is 33.1. The predicted molar refractivity (Wildman–Crippen MR) is 282 cm³/mol. The van der Waals surface area contributed by atoms with E-state index in [9.17, 15) is 57.8 Å². The molecule has 1 aromatic rings. The summed E-state index contributed by atoms with van der Waals surface area (Å²) in [6.07, 6.45) is 2.84. The Balaban J connectivity index is 1.76. The van der Waals surface area contributed by atoms with Crippen LogP contribution in [0.15, 0.2) is 29.3 Å². The fourth-order valence-electron chi connectivity index (χ4n) is 9.07. The number of amides is 11. The van der Waals surface area contributed by atoms with Crippen molar-refractivity contribution in [3.05, 3.63) is 29.8 Å². The number of guanidine groups is 1. The molecule has 3 fully saturated rings. The molecule has 4 rings (SSSR count). The van der Waals surface area contributed by atoms with Crippen molar-refractivity contribution in [1.82, 2.24) is 42.1 Å². The SMILES string of the molecule is CC[C@H](C)[C@@H]1NC(=O)[C@@H](Cc2ccc(O)cc2)NC(=O)CC2(CCCCC2)SSC[C@@H](C(=O)N2CCC[C@H]2C(=O)N[C@@H](CCCN=C(N)N)C(=O)NCC(N)=O)NC(=O)[C@H](CC(N)=O)NC(=O)C(CCC(N)=O)NC1=O. The van der Waals surface area contributed by atoms with Crippen LogP contribution in [0.1, 0.15) is 109 Å². The summed E-state index contributed by atoms with van der Waals surface area (Å²) in [5.74, 6) is -10.1. The molecule has 3 aliphatic rings. The molecule has 1 aliphatic carbocycles. The van der Waals surface area contributed by atoms with E-state index < -0.39 is 144 Å². The van der Waals surface area contributed by atoms with Gasteiger partial charge in [0.2, 0.25) is 65.0 Å². The summed E-state index contributed by atoms with van der Waals surface area (Å²) in [6.45, 7) is 3.07. The lowest BCUT2D eigenvalue weighted by Crippen LogP contribution is -2.61. The van der Waals surface area contributed by atoms with Gasteiger partial charge in [-0.05, 0) is 68.6 Å². The average Bonchev–Trinajstić information content (AvgIpc) is 3.86. The normalized spacial score (nSPS) is 23.7. The second kappa shape index (κ2) is 30.0. The molecule has 1 unspecified atom stereocenters. The summed E-state index contributed by atoms with van der Waals surface area (Å²) in [7, 11) is 2.49. The molecule has 1 saturated carbocycles. The van der Waals surface area contributed by atoms with Gasteiger partial charge in [0, 0.05) is 42.9 Å². The van der Waals surface area contributed by atoms with Crippen LogP contribution in [-0.2, 0) is 59.2 Å². The molecule has 28 heteroatoms. The maximum atomic E-state index is 14.9. The summed E-state index contributed by atoms with van der Waals surface area (Å²) in [6, 6.07) is -3.70. The molecule has 420 valence electrons. The zero-order valence-corrected chi connectivity index (χ0v) is 44.5. The lowest BCUT2D eigenvalue weighted by Gasteiger charge is -2.37. The Morgan fingerprint density at radius 1 is 0.816 bits per heavy atom. The van der Waals surface area contributed by atoms with Crippen molar-refractivity contribution in [2.24, 2.45) is 39.6 Å². The van der Waals surface area contributed by atoms with Crippen LogP contribution in [-0.4, -0.2) is 153 Å². The van der Waals surface area contributed by atoms with Crippen molar-refractivity contribution in [2.75, 3.05) is 25.4 Å². The van der Waals surface area contributed by atoms with Crippen molar-refractivity contribution in [3.8, 4) is 5.75 Å². The number of carbonyl (C=O) groups is 11. The van der Waals surface area contributed by atoms with Gasteiger partial charge < -0.3 is 75.9 Å². The molecule has 8 atom stereocenters. The molecule has 26 nitrogen and oxygen atoms in total. The number of hydrogen-bond donors (Lipinski definition) is 13. The zero-order valence-electron chi connectivity index (χ0n) is 42.9. The lowest BCUT2D eigenvalue weighted by molar-refractivity contribution is -0.142. The predicted octanol–water partition coefficient (Wildman–Crippen LogP) is -2.84. The summed E-state index contributed by atoms with van der Waals surface area (Å²) in [5, 5.41) is 28.3. The Morgan fingerprint density at radius 2 is 1.47 bits per heavy atom. The second-order valence-electron chi connectivity index (χ2n) is 19.4. The van der Waals surface area contributed by atoms with Crippen LogP contribution in [0.3, 0.4) is 0 Å². The number of aromatic hydroxyl groups is 1. The molecular formula is C48H74N14O12S2. The van der Waals surface area contributed by atoms with Crippen LogP contribution in [0.2, 0.25) is 0 Å². The molecule has 0 radical (unpaired) electrons. The number of nitrogens with two attached hydrogens (primary N) is 5. The fraction of sp³-hybridized carbons (Fsp3) is 0.625. The highest BCUT2D eigenvalue weighted by molar-refractivity contribution is 8.77. The van der Waals surface area contributed by atoms with E-state index in [0.29, 0.717) is 31.2 Å². The van der Waals surface area contributed by atoms with E-state index in [0.717, 1.165) is 19.3 Å². The topological polar surface area (TPSA) is 438 Å². The van der Waals surface area contributed by atoms with Crippen LogP contribution in [0, 0.1) is 5.92 Å². The molecule has 1 spiro atoms. The molecule has 18 N–H and O–H groups in total. The fourth-order valence-corrected chi connectivity index (χ4v) is 12.4. The van der Waals surface area contributed by atoms with Crippen LogP contribution in [0.25, 0.3) is 0 Å². The van der Waals surface area contributed by atoms with Gasteiger partial charge in [-0.2, -0.15) is 0 Å². The Bertz CT molecular complexity index is 2300. The molecule has 2 heterocycles. The number of primary amides is 3. The first kappa shape index (κ1) is 61.7. The quantitative estimate of drug-likeness (QED) is 0.0287. The molecule has 2 saturated heterocycles. The van der Waals surface area contributed by atoms with Crippen LogP contribution < -0.4 is 65.9 Å². The van der Waals surface area contributed by atoms with Gasteiger partial charge in [0.05, 0.1) is 13.0 Å². The third-order valence-electron chi connectivity index (χ3n) is 13.4. The first-order valence-corrected chi connectivity index (χ1v) is 27.7. The highest BCUT2D eigenvalue weighted by Gasteiger charge is 2.42. The van der Waals surface area contributed by atoms with Gasteiger partial charge in [-0.3, -0.25) is 57.7 Å². The number of aliphatic imine (C=N–C) groups is 1. The molecule has 1 aromatic carbocycles. The van der Waals surface area contributed by atoms with Crippen molar-refractivity contribution < 1.29 is 57.8 Å². The molecule has 0 aromatic heterocycles. The largest absolute Gasteiger partial charge is 0.508 e. The average molecular weight is 1100 g/mol. The summed E-state index contributed by atoms with van der Waals surface area (Å²) in [4.78, 5) is 155. The molecule has 11 amide bonds. The summed E-state index contributed by atoms with van der Waals surface area (Å²) in [5.41, 5.74) is 27.7. The van der Waals surface area contributed by atoms with Crippen LogP contribution in [0.5, 0.6) is 5.75 Å². The number of likely N-dealkylation sites (tertiary alicyclic amines) is 1. The van der Waals surface area contributed by atoms with E-state index >= 15 is 0 Å². The monoisotopic (exact) mass is 1100 g/mol. The number of benzene rings is 1. The highest BCUT2D eigenvalue weighted by Crippen LogP contribution is 2.48. The van der Waals surface area contributed by atoms with Crippen molar-refractivity contribution in [2.45, 2.75) is 157 Å². The number of carbonyl (C=O) groups excluding carboxylic acids is 11. The maximum Gasteiger partial charge on any atom is 0.246 e. The smallest absolute Gasteiger partial charge is 0.246 e. The van der Waals surface area contributed by atoms with Crippen molar-refractivity contribution in [3.63, 3.8) is 0 Å². The Morgan fingerprint density at radius 3 is 2.11 bits per heavy atom. The Hall–Kier alpha value is -6.84. The van der Waals surface area contributed by atoms with E-state index in [1.165, 1.54) is 38.6 Å². The number of nitrogens with one attached hydrogen (secondary N) is 7. The number of phenolic OH excluding ortho intramolecular Hbond substituents is 1. The number of nitrogens with zero attached hydrogens (tertiary/aromatic N) is 2. The van der Waals surface area contributed by atoms with Crippen LogP contribution in [0.4, 0.5) is 0 Å². The Labute approximate surface area is 448 Å². The van der Waals surface area contributed by atoms with E-state index in [2.05, 4.69) is 42.2 Å². The number of hydrogen-bond acceptors (Lipinski definition) is 15. The van der Waals surface area contributed by atoms with E-state index in [-0.39, 0.29) is 62.7 Å². The van der Waals surface area contributed by atoms with Gasteiger partial charge >= 0.3 is 0 Å². The summed E-state index contributed by atoms with van der Waals surface area (Å²) >= 11 is 0. The lowest BCUT2D eigenvalue weighted by atomic mass is 9.85. The van der Waals surface area contributed by atoms with Crippen LogP contribution >= 0.6 is 21.6 Å². The zero-order chi connectivity index (χ0) is 56.1. The molecule has 2 aliphatic heterocycles. The van der Waals surface area contributed by atoms with Gasteiger partial charge in [0.15, 0.2) is 5.96 Å². The van der Waals surface area contributed by atoms with Gasteiger partial charge in [-0.25, -0.2) is 0 Å². The molecule has 76 heavy (non-hydrogen) atoms. The first-order chi connectivity index (χ1) is 36.0. The first-order valence-electron chi connectivity index (χ1n) is 25.4. The molecular weight excluding hydrogens is 1030 g/mol. The standard InChI is InChI=1S/C48H74N14O12S2/c1-3-26(2)39-45(73)58-30(15-16-35(49)64)41(69)59-32(22-36(50)65)42(70)60-33(46(74)62-20-8-10-34(62)44(72)57-29(9-7-19-54-47(52)53)40(68)55-24-37(51)66)25-75-76-48(17-5-4-6-18-48)23-38(67)56-31(43(71)61-39)21-27-11-13-28(63)14-12-27/h11-14,26,29-34,39,63H,3-10,15-25H2,1-2H3,(H2,49,64)(H2,50,65)(H2,51,66)(H,55,68)(H,56,67)(H,57,72)(H,58,73)(H,59,69)(H,60,70)(H,61,71)(H4,52,53,54)/t26-,29-,30?,31+,32-,33-,34-,39-/m0/s1. The third-order valence-corrected chi connectivity index (χ3v) is 16.7. The van der Waals surface area contributed by atoms with E-state index in [1.54, 1.807) is 26.0 Å². The van der Waals surface area contributed by atoms with Gasteiger partial charge in [-0.1, -0.05) is 73.3 Å². The van der Waals surface area contributed by atoms with E-state index in [4.69, 9.17) is 28.7 Å². The summed E-state index contributed by atoms with van der Waals surface area (Å²) < 4.78 is -0.742. The minimum absolute atomic E-state index is 0.0187. The van der Waals surface area contributed by atoms with Crippen molar-refractivity contribution in [1.29, 1.82) is 0 Å². The molecule has 0 bridgehead atoms. The Kier molecular flexibility index (Phi) is 24.4. The maximum absolute atomic E-state index is 14.9. The number of rotatable bonds is 19. The minimum Gasteiger partial charge on any atom is -0.508 e. The van der Waals surface area contributed by atoms with Gasteiger partial charge in [0.25, 0.3) is 0 Å². The minimum atomic E-state index is -1.76.